The highest BCUT2D eigenvalue weighted by molar-refractivity contribution is 6.05. The van der Waals surface area contributed by atoms with Crippen LogP contribution in [0.5, 0.6) is 0 Å². The van der Waals surface area contributed by atoms with Gasteiger partial charge in [0.1, 0.15) is 6.04 Å². The van der Waals surface area contributed by atoms with Gasteiger partial charge in [-0.3, -0.25) is 9.59 Å². The molecule has 1 atom stereocenters. The van der Waals surface area contributed by atoms with Crippen molar-refractivity contribution < 1.29 is 14.3 Å². The molecule has 1 N–H and O–H groups in total. The lowest BCUT2D eigenvalue weighted by molar-refractivity contribution is -0.142. The number of benzene rings is 2. The zero-order chi connectivity index (χ0) is 19.4. The molecule has 2 aromatic carbocycles. The first-order chi connectivity index (χ1) is 13.0. The molecule has 0 aliphatic rings. The minimum atomic E-state index is -0.873. The van der Waals surface area contributed by atoms with Crippen LogP contribution in [0, 0.1) is 0 Å². The monoisotopic (exact) mass is 365 g/mol. The normalized spacial score (nSPS) is 11.8. The summed E-state index contributed by atoms with van der Waals surface area (Å²) in [6, 6.07) is 15.2. The number of hydrogen-bond acceptors (Lipinski definition) is 5. The maximum atomic E-state index is 12.8. The average molecular weight is 365 g/mol. The van der Waals surface area contributed by atoms with E-state index in [1.54, 1.807) is 24.3 Å². The van der Waals surface area contributed by atoms with Gasteiger partial charge in [0.25, 0.3) is 11.5 Å². The van der Waals surface area contributed by atoms with E-state index in [1.165, 1.54) is 14.2 Å². The molecule has 0 aliphatic heterocycles. The number of amides is 1. The predicted molar refractivity (Wildman–Crippen MR) is 100 cm³/mol. The lowest BCUT2D eigenvalue weighted by atomic mass is 10.1. The minimum absolute atomic E-state index is 0.0784. The van der Waals surface area contributed by atoms with Gasteiger partial charge in [-0.25, -0.2) is 9.48 Å². The summed E-state index contributed by atoms with van der Waals surface area (Å²) in [7, 11) is 2.75. The zero-order valence-corrected chi connectivity index (χ0v) is 15.0. The number of ether oxygens (including phenoxy) is 1. The molecule has 1 aromatic heterocycles. The van der Waals surface area contributed by atoms with E-state index in [2.05, 4.69) is 10.4 Å². The van der Waals surface area contributed by atoms with Crippen LogP contribution in [-0.2, 0) is 23.0 Å². The van der Waals surface area contributed by atoms with Crippen LogP contribution in [0.3, 0.4) is 0 Å². The Morgan fingerprint density at radius 1 is 1.07 bits per heavy atom. The van der Waals surface area contributed by atoms with Gasteiger partial charge in [-0.1, -0.05) is 48.5 Å². The van der Waals surface area contributed by atoms with Crippen LogP contribution in [-0.4, -0.2) is 34.8 Å². The van der Waals surface area contributed by atoms with Crippen molar-refractivity contribution in [3.8, 4) is 0 Å². The Kier molecular flexibility index (Phi) is 5.30. The van der Waals surface area contributed by atoms with Gasteiger partial charge in [0.05, 0.1) is 12.5 Å². The second kappa shape index (κ2) is 7.82. The van der Waals surface area contributed by atoms with Crippen LogP contribution in [0.15, 0.2) is 59.4 Å². The van der Waals surface area contributed by atoms with Crippen molar-refractivity contribution in [3.05, 3.63) is 76.2 Å². The number of aromatic nitrogens is 2. The van der Waals surface area contributed by atoms with Gasteiger partial charge in [-0.15, -0.1) is 0 Å². The number of carbonyl (C=O) groups excluding carboxylic acids is 2. The number of fused-ring (bicyclic) bond motifs is 1. The summed E-state index contributed by atoms with van der Waals surface area (Å²) in [6.45, 7) is 0. The number of hydrogen-bond donors (Lipinski definition) is 1. The molecular formula is C20H19N3O4. The topological polar surface area (TPSA) is 90.3 Å². The maximum Gasteiger partial charge on any atom is 0.328 e. The molecule has 1 heterocycles. The number of methoxy groups -OCH3 is 1. The Bertz CT molecular complexity index is 1040. The maximum absolute atomic E-state index is 12.8. The van der Waals surface area contributed by atoms with Crippen LogP contribution < -0.4 is 10.9 Å². The van der Waals surface area contributed by atoms with Gasteiger partial charge >= 0.3 is 5.97 Å². The first-order valence-corrected chi connectivity index (χ1v) is 8.40. The fraction of sp³-hybridized carbons (Fsp3) is 0.200. The van der Waals surface area contributed by atoms with Gasteiger partial charge in [-0.05, 0) is 11.6 Å². The molecule has 138 valence electrons. The number of rotatable bonds is 5. The molecule has 0 saturated heterocycles. The number of esters is 1. The van der Waals surface area contributed by atoms with Crippen molar-refractivity contribution in [1.29, 1.82) is 0 Å². The number of carbonyl (C=O) groups is 2. The highest BCUT2D eigenvalue weighted by Gasteiger charge is 2.25. The van der Waals surface area contributed by atoms with Crippen LogP contribution in [0.2, 0.25) is 0 Å². The summed E-state index contributed by atoms with van der Waals surface area (Å²) in [5.41, 5.74) is 0.664. The lowest BCUT2D eigenvalue weighted by Crippen LogP contribution is -2.44. The molecule has 0 bridgehead atoms. The molecule has 3 rings (SSSR count). The molecule has 0 fully saturated rings. The molecule has 0 spiro atoms. The summed E-state index contributed by atoms with van der Waals surface area (Å²) in [5, 5.41) is 7.58. The second-order valence-corrected chi connectivity index (χ2v) is 6.06. The summed E-state index contributed by atoms with van der Waals surface area (Å²) >= 11 is 0. The van der Waals surface area contributed by atoms with E-state index in [0.717, 1.165) is 10.2 Å². The van der Waals surface area contributed by atoms with E-state index in [1.807, 2.05) is 30.3 Å². The third-order valence-corrected chi connectivity index (χ3v) is 4.25. The van der Waals surface area contributed by atoms with Gasteiger partial charge in [0.2, 0.25) is 0 Å². The Labute approximate surface area is 155 Å². The molecule has 0 aliphatic carbocycles. The minimum Gasteiger partial charge on any atom is -0.467 e. The van der Waals surface area contributed by atoms with E-state index in [9.17, 15) is 14.4 Å². The molecule has 27 heavy (non-hydrogen) atoms. The third-order valence-electron chi connectivity index (χ3n) is 4.25. The number of aryl methyl sites for hydroxylation is 1. The Balaban J connectivity index is 1.94. The predicted octanol–water partition coefficient (Wildman–Crippen LogP) is 1.45. The van der Waals surface area contributed by atoms with Gasteiger partial charge < -0.3 is 10.1 Å². The molecule has 7 nitrogen and oxygen atoms in total. The summed E-state index contributed by atoms with van der Waals surface area (Å²) in [6.07, 6.45) is 0.281. The molecule has 0 radical (unpaired) electrons. The van der Waals surface area contributed by atoms with Gasteiger partial charge in [-0.2, -0.15) is 5.10 Å². The van der Waals surface area contributed by atoms with Crippen molar-refractivity contribution in [2.75, 3.05) is 7.11 Å². The Morgan fingerprint density at radius 2 is 1.70 bits per heavy atom. The number of nitrogens with zero attached hydrogens (tertiary/aromatic N) is 2. The van der Waals surface area contributed by atoms with E-state index in [4.69, 9.17) is 4.74 Å². The van der Waals surface area contributed by atoms with Gasteiger partial charge in [0, 0.05) is 18.9 Å². The SMILES string of the molecule is COC(=O)C(Cc1ccccc1)NC(=O)c1nn(C)c(=O)c2ccccc12. The van der Waals surface area contributed by atoms with Crippen molar-refractivity contribution in [3.63, 3.8) is 0 Å². The molecule has 3 aromatic rings. The third kappa shape index (κ3) is 3.87. The first kappa shape index (κ1) is 18.3. The fourth-order valence-electron chi connectivity index (χ4n) is 2.88. The van der Waals surface area contributed by atoms with Crippen LogP contribution in [0.25, 0.3) is 10.8 Å². The molecule has 7 heteroatoms. The van der Waals surface area contributed by atoms with Crippen LogP contribution >= 0.6 is 0 Å². The Hall–Kier alpha value is -3.48. The standard InChI is InChI=1S/C20H19N3O4/c1-23-19(25)15-11-7-6-10-14(15)17(22-23)18(24)21-16(20(26)27-2)12-13-8-4-3-5-9-13/h3-11,16H,12H2,1-2H3,(H,21,24). The smallest absolute Gasteiger partial charge is 0.328 e. The summed E-state index contributed by atoms with van der Waals surface area (Å²) in [5.74, 6) is -1.10. The van der Waals surface area contributed by atoms with E-state index in [-0.39, 0.29) is 17.7 Å². The average Bonchev–Trinajstić information content (AvgIpc) is 2.70. The van der Waals surface area contributed by atoms with E-state index >= 15 is 0 Å². The van der Waals surface area contributed by atoms with E-state index < -0.39 is 17.9 Å². The quantitative estimate of drug-likeness (QED) is 0.691. The second-order valence-electron chi connectivity index (χ2n) is 6.06. The van der Waals surface area contributed by atoms with Crippen molar-refractivity contribution in [2.45, 2.75) is 12.5 Å². The van der Waals surface area contributed by atoms with E-state index in [0.29, 0.717) is 10.8 Å². The summed E-state index contributed by atoms with van der Waals surface area (Å²) in [4.78, 5) is 37.2. The highest BCUT2D eigenvalue weighted by atomic mass is 16.5. The Morgan fingerprint density at radius 3 is 2.37 bits per heavy atom. The number of nitrogens with one attached hydrogen (secondary N) is 1. The fourth-order valence-corrected chi connectivity index (χ4v) is 2.88. The molecule has 0 saturated carbocycles. The summed E-state index contributed by atoms with van der Waals surface area (Å²) < 4.78 is 5.94. The zero-order valence-electron chi connectivity index (χ0n) is 15.0. The first-order valence-electron chi connectivity index (χ1n) is 8.40. The van der Waals surface area contributed by atoms with Crippen molar-refractivity contribution in [2.24, 2.45) is 7.05 Å². The van der Waals surface area contributed by atoms with Gasteiger partial charge in [0.15, 0.2) is 5.69 Å². The van der Waals surface area contributed by atoms with Crippen LogP contribution in [0.4, 0.5) is 0 Å². The lowest BCUT2D eigenvalue weighted by Gasteiger charge is -2.17. The largest absolute Gasteiger partial charge is 0.467 e. The van der Waals surface area contributed by atoms with Crippen molar-refractivity contribution in [1.82, 2.24) is 15.1 Å². The molecule has 1 unspecified atom stereocenters. The van der Waals surface area contributed by atoms with Crippen LogP contribution in [0.1, 0.15) is 16.1 Å². The van der Waals surface area contributed by atoms with Crippen molar-refractivity contribution >= 4 is 22.6 Å². The molecule has 1 amide bonds. The molecular weight excluding hydrogens is 346 g/mol. The highest BCUT2D eigenvalue weighted by Crippen LogP contribution is 2.14.